The van der Waals surface area contributed by atoms with E-state index in [2.05, 4.69) is 5.32 Å². The normalized spacial score (nSPS) is 11.5. The van der Waals surface area contributed by atoms with Crippen molar-refractivity contribution in [3.63, 3.8) is 0 Å². The van der Waals surface area contributed by atoms with Gasteiger partial charge in [0, 0.05) is 22.5 Å². The fourth-order valence-corrected chi connectivity index (χ4v) is 2.64. The average molecular weight is 319 g/mol. The monoisotopic (exact) mass is 318 g/mol. The highest BCUT2D eigenvalue weighted by Gasteiger charge is 2.10. The predicted molar refractivity (Wildman–Crippen MR) is 82.9 cm³/mol. The number of rotatable bonds is 3. The summed E-state index contributed by atoms with van der Waals surface area (Å²) < 4.78 is 11.5. The van der Waals surface area contributed by atoms with E-state index in [1.54, 1.807) is 36.4 Å². The van der Waals surface area contributed by atoms with Gasteiger partial charge in [0.25, 0.3) is 5.91 Å². The third kappa shape index (κ3) is 3.69. The standard InChI is InChI=1S/C15H11ClN2O2S/c1-21(20)14-6-5-13(8-11(14)9-17)18-15(19)10-3-2-4-12(16)7-10/h2-8H,1H3,(H,18,19). The molecule has 0 bridgehead atoms. The fourth-order valence-electron chi connectivity index (χ4n) is 1.78. The molecule has 0 saturated heterocycles. The van der Waals surface area contributed by atoms with Crippen LogP contribution in [0.15, 0.2) is 47.4 Å². The van der Waals surface area contributed by atoms with E-state index >= 15 is 0 Å². The summed E-state index contributed by atoms with van der Waals surface area (Å²) >= 11 is 5.84. The number of nitrogens with zero attached hydrogens (tertiary/aromatic N) is 1. The van der Waals surface area contributed by atoms with Crippen molar-refractivity contribution in [2.45, 2.75) is 4.90 Å². The highest BCUT2D eigenvalue weighted by atomic mass is 35.5. The summed E-state index contributed by atoms with van der Waals surface area (Å²) in [5.74, 6) is -0.327. The first kappa shape index (κ1) is 15.2. The first-order chi connectivity index (χ1) is 10.0. The number of carbonyl (C=O) groups is 1. The molecule has 0 fully saturated rings. The topological polar surface area (TPSA) is 70.0 Å². The lowest BCUT2D eigenvalue weighted by molar-refractivity contribution is 0.102. The molecule has 0 saturated carbocycles. The number of carbonyl (C=O) groups excluding carboxylic acids is 1. The number of anilines is 1. The van der Waals surface area contributed by atoms with Gasteiger partial charge in [-0.3, -0.25) is 9.00 Å². The maximum atomic E-state index is 12.1. The molecule has 1 amide bonds. The SMILES string of the molecule is CS(=O)c1ccc(NC(=O)c2cccc(Cl)c2)cc1C#N. The molecule has 1 unspecified atom stereocenters. The van der Waals surface area contributed by atoms with Gasteiger partial charge in [-0.25, -0.2) is 0 Å². The maximum absolute atomic E-state index is 12.1. The summed E-state index contributed by atoms with van der Waals surface area (Å²) in [6.07, 6.45) is 1.50. The smallest absolute Gasteiger partial charge is 0.255 e. The van der Waals surface area contributed by atoms with Gasteiger partial charge in [-0.1, -0.05) is 17.7 Å². The third-order valence-electron chi connectivity index (χ3n) is 2.75. The zero-order valence-corrected chi connectivity index (χ0v) is 12.7. The molecule has 2 aromatic rings. The van der Waals surface area contributed by atoms with Crippen molar-refractivity contribution >= 4 is 34.0 Å². The second kappa shape index (κ2) is 6.53. The molecule has 0 aliphatic heterocycles. The minimum atomic E-state index is -1.25. The van der Waals surface area contributed by atoms with E-state index in [0.717, 1.165) is 0 Å². The molecule has 4 nitrogen and oxygen atoms in total. The van der Waals surface area contributed by atoms with Crippen molar-refractivity contribution in [3.8, 4) is 6.07 Å². The molecule has 0 radical (unpaired) electrons. The van der Waals surface area contributed by atoms with E-state index in [1.807, 2.05) is 6.07 Å². The van der Waals surface area contributed by atoms with Crippen LogP contribution in [0.1, 0.15) is 15.9 Å². The molecule has 6 heteroatoms. The Balaban J connectivity index is 2.26. The Morgan fingerprint density at radius 2 is 2.05 bits per heavy atom. The summed E-state index contributed by atoms with van der Waals surface area (Å²) in [6, 6.07) is 13.2. The number of hydrogen-bond acceptors (Lipinski definition) is 3. The average Bonchev–Trinajstić information content (AvgIpc) is 2.46. The van der Waals surface area contributed by atoms with Crippen molar-refractivity contribution in [3.05, 3.63) is 58.6 Å². The van der Waals surface area contributed by atoms with Gasteiger partial charge >= 0.3 is 0 Å². The Morgan fingerprint density at radius 1 is 1.29 bits per heavy atom. The van der Waals surface area contributed by atoms with Gasteiger partial charge in [0.1, 0.15) is 6.07 Å². The summed E-state index contributed by atoms with van der Waals surface area (Å²) in [6.45, 7) is 0. The van der Waals surface area contributed by atoms with Crippen LogP contribution in [0.5, 0.6) is 0 Å². The predicted octanol–water partition coefficient (Wildman–Crippen LogP) is 3.20. The molecule has 21 heavy (non-hydrogen) atoms. The molecular formula is C15H11ClN2O2S. The number of nitriles is 1. The van der Waals surface area contributed by atoms with Crippen LogP contribution in [0, 0.1) is 11.3 Å². The summed E-state index contributed by atoms with van der Waals surface area (Å²) in [4.78, 5) is 12.5. The molecule has 1 atom stereocenters. The number of halogens is 1. The molecule has 0 aliphatic rings. The van der Waals surface area contributed by atoms with Crippen LogP contribution >= 0.6 is 11.6 Å². The molecule has 2 rings (SSSR count). The van der Waals surface area contributed by atoms with Crippen LogP contribution in [0.3, 0.4) is 0 Å². The minimum absolute atomic E-state index is 0.278. The molecule has 0 aliphatic carbocycles. The zero-order valence-electron chi connectivity index (χ0n) is 11.1. The van der Waals surface area contributed by atoms with Gasteiger partial charge < -0.3 is 5.32 Å². The van der Waals surface area contributed by atoms with Crippen LogP contribution in [0.4, 0.5) is 5.69 Å². The molecule has 106 valence electrons. The first-order valence-corrected chi connectivity index (χ1v) is 7.89. The van der Waals surface area contributed by atoms with E-state index in [-0.39, 0.29) is 11.5 Å². The van der Waals surface area contributed by atoms with Gasteiger partial charge in [0.05, 0.1) is 21.3 Å². The number of hydrogen-bond donors (Lipinski definition) is 1. The highest BCUT2D eigenvalue weighted by Crippen LogP contribution is 2.19. The van der Waals surface area contributed by atoms with Gasteiger partial charge in [-0.05, 0) is 36.4 Å². The molecule has 2 aromatic carbocycles. The van der Waals surface area contributed by atoms with E-state index in [1.165, 1.54) is 12.3 Å². The van der Waals surface area contributed by atoms with Crippen molar-refractivity contribution < 1.29 is 9.00 Å². The minimum Gasteiger partial charge on any atom is -0.322 e. The fraction of sp³-hybridized carbons (Fsp3) is 0.0667. The lowest BCUT2D eigenvalue weighted by Crippen LogP contribution is -2.12. The number of nitrogens with one attached hydrogen (secondary N) is 1. The largest absolute Gasteiger partial charge is 0.322 e. The Morgan fingerprint density at radius 3 is 2.67 bits per heavy atom. The van der Waals surface area contributed by atoms with Gasteiger partial charge in [0.15, 0.2) is 0 Å². The van der Waals surface area contributed by atoms with Crippen LogP contribution in [0.25, 0.3) is 0 Å². The van der Waals surface area contributed by atoms with E-state index < -0.39 is 10.8 Å². The van der Waals surface area contributed by atoms with Gasteiger partial charge in [-0.15, -0.1) is 0 Å². The Labute approximate surface area is 129 Å². The number of amides is 1. The van der Waals surface area contributed by atoms with Crippen molar-refractivity contribution in [2.75, 3.05) is 11.6 Å². The van der Waals surface area contributed by atoms with Crippen LogP contribution in [-0.2, 0) is 10.8 Å². The van der Waals surface area contributed by atoms with E-state index in [0.29, 0.717) is 21.2 Å². The van der Waals surface area contributed by atoms with Crippen molar-refractivity contribution in [1.82, 2.24) is 0 Å². The second-order valence-corrected chi connectivity index (χ2v) is 6.03. The van der Waals surface area contributed by atoms with Crippen LogP contribution < -0.4 is 5.32 Å². The van der Waals surface area contributed by atoms with Crippen molar-refractivity contribution in [2.24, 2.45) is 0 Å². The molecule has 0 aromatic heterocycles. The van der Waals surface area contributed by atoms with E-state index in [4.69, 9.17) is 16.9 Å². The highest BCUT2D eigenvalue weighted by molar-refractivity contribution is 7.84. The van der Waals surface area contributed by atoms with Gasteiger partial charge in [-0.2, -0.15) is 5.26 Å². The summed E-state index contributed by atoms with van der Waals surface area (Å²) in [7, 11) is -1.25. The summed E-state index contributed by atoms with van der Waals surface area (Å²) in [5, 5.41) is 12.2. The Kier molecular flexibility index (Phi) is 4.73. The van der Waals surface area contributed by atoms with Crippen LogP contribution in [0.2, 0.25) is 5.02 Å². The van der Waals surface area contributed by atoms with Crippen molar-refractivity contribution in [1.29, 1.82) is 5.26 Å². The Bertz CT molecular complexity index is 769. The lowest BCUT2D eigenvalue weighted by Gasteiger charge is -2.07. The third-order valence-corrected chi connectivity index (χ3v) is 3.96. The van der Waals surface area contributed by atoms with Crippen LogP contribution in [-0.4, -0.2) is 16.4 Å². The zero-order chi connectivity index (χ0) is 15.4. The summed E-state index contributed by atoms with van der Waals surface area (Å²) in [5.41, 5.74) is 1.16. The Hall–Kier alpha value is -2.16. The maximum Gasteiger partial charge on any atom is 0.255 e. The molecule has 0 heterocycles. The van der Waals surface area contributed by atoms with Gasteiger partial charge in [0.2, 0.25) is 0 Å². The molecular weight excluding hydrogens is 308 g/mol. The second-order valence-electron chi connectivity index (χ2n) is 4.24. The van der Waals surface area contributed by atoms with E-state index in [9.17, 15) is 9.00 Å². The quantitative estimate of drug-likeness (QED) is 0.944. The first-order valence-electron chi connectivity index (χ1n) is 5.96. The molecule has 1 N–H and O–H groups in total. The number of benzene rings is 2. The molecule has 0 spiro atoms. The lowest BCUT2D eigenvalue weighted by atomic mass is 10.2.